The molecule has 32 heavy (non-hydrogen) atoms. The van der Waals surface area contributed by atoms with Crippen molar-refractivity contribution in [3.05, 3.63) is 54.3 Å². The molecule has 0 saturated heterocycles. The highest BCUT2D eigenvalue weighted by molar-refractivity contribution is 7.93. The Balaban J connectivity index is 1.70. The molecular weight excluding hydrogens is 432 g/mol. The van der Waals surface area contributed by atoms with Crippen molar-refractivity contribution in [2.45, 2.75) is 26.0 Å². The Hall–Kier alpha value is -3.66. The summed E-state index contributed by atoms with van der Waals surface area (Å²) in [5.41, 5.74) is 2.96. The maximum absolute atomic E-state index is 12.2. The molecule has 4 rings (SSSR count). The normalized spacial score (nSPS) is 11.7. The topological polar surface area (TPSA) is 120 Å². The predicted octanol–water partition coefficient (Wildman–Crippen LogP) is 4.53. The molecule has 4 aromatic rings. The zero-order chi connectivity index (χ0) is 22.9. The standard InChI is InChI=1S/C22H22N4O5S/c1-13(2)32(27,28)26-16-10-11-17(18(12-16)29-4)21-23-24-22(30-21)19-14(3)31-25-20(19)15-8-6-5-7-9-15/h5-13,26H,1-4H3. The number of sulfonamides is 1. The lowest BCUT2D eigenvalue weighted by Crippen LogP contribution is -2.22. The number of ether oxygens (including phenoxy) is 1. The Labute approximate surface area is 185 Å². The van der Waals surface area contributed by atoms with Crippen LogP contribution >= 0.6 is 0 Å². The highest BCUT2D eigenvalue weighted by Gasteiger charge is 2.24. The van der Waals surface area contributed by atoms with E-state index in [1.54, 1.807) is 39.0 Å². The third-order valence-electron chi connectivity index (χ3n) is 4.86. The minimum Gasteiger partial charge on any atom is -0.496 e. The summed E-state index contributed by atoms with van der Waals surface area (Å²) >= 11 is 0. The average molecular weight is 455 g/mol. The van der Waals surface area contributed by atoms with E-state index in [4.69, 9.17) is 13.7 Å². The molecule has 2 heterocycles. The molecule has 0 amide bonds. The Bertz CT molecular complexity index is 1340. The number of nitrogens with one attached hydrogen (secondary N) is 1. The van der Waals surface area contributed by atoms with Crippen molar-refractivity contribution in [3.63, 3.8) is 0 Å². The molecule has 0 fully saturated rings. The second-order valence-electron chi connectivity index (χ2n) is 7.35. The summed E-state index contributed by atoms with van der Waals surface area (Å²) in [6, 6.07) is 14.4. The molecule has 2 aromatic carbocycles. The molecule has 0 aliphatic heterocycles. The van der Waals surface area contributed by atoms with E-state index in [0.717, 1.165) is 5.56 Å². The minimum absolute atomic E-state index is 0.217. The first-order chi connectivity index (χ1) is 15.3. The van der Waals surface area contributed by atoms with Crippen LogP contribution in [-0.2, 0) is 10.0 Å². The second-order valence-corrected chi connectivity index (χ2v) is 9.59. The van der Waals surface area contributed by atoms with E-state index in [1.165, 1.54) is 7.11 Å². The third-order valence-corrected chi connectivity index (χ3v) is 6.62. The van der Waals surface area contributed by atoms with Crippen molar-refractivity contribution in [2.24, 2.45) is 0 Å². The maximum Gasteiger partial charge on any atom is 0.254 e. The minimum atomic E-state index is -3.49. The first-order valence-electron chi connectivity index (χ1n) is 9.85. The van der Waals surface area contributed by atoms with Gasteiger partial charge in [0.15, 0.2) is 0 Å². The van der Waals surface area contributed by atoms with Crippen LogP contribution < -0.4 is 9.46 Å². The van der Waals surface area contributed by atoms with Crippen LogP contribution in [0.1, 0.15) is 19.6 Å². The van der Waals surface area contributed by atoms with Gasteiger partial charge >= 0.3 is 0 Å². The fourth-order valence-corrected chi connectivity index (χ4v) is 3.75. The van der Waals surface area contributed by atoms with Gasteiger partial charge in [-0.25, -0.2) is 8.42 Å². The van der Waals surface area contributed by atoms with Gasteiger partial charge in [0.25, 0.3) is 11.8 Å². The van der Waals surface area contributed by atoms with Crippen LogP contribution in [0.3, 0.4) is 0 Å². The van der Waals surface area contributed by atoms with Crippen LogP contribution in [0.25, 0.3) is 34.2 Å². The molecule has 166 valence electrons. The average Bonchev–Trinajstić information content (AvgIpc) is 3.40. The Morgan fingerprint density at radius 2 is 1.75 bits per heavy atom. The highest BCUT2D eigenvalue weighted by Crippen LogP contribution is 2.37. The number of benzene rings is 2. The van der Waals surface area contributed by atoms with Gasteiger partial charge in [0.1, 0.15) is 22.8 Å². The molecule has 0 atom stereocenters. The lowest BCUT2D eigenvalue weighted by molar-refractivity contribution is 0.399. The van der Waals surface area contributed by atoms with E-state index in [0.29, 0.717) is 34.0 Å². The van der Waals surface area contributed by atoms with E-state index in [2.05, 4.69) is 20.1 Å². The second kappa shape index (κ2) is 8.46. The molecule has 0 spiro atoms. The van der Waals surface area contributed by atoms with Gasteiger partial charge in [-0.15, -0.1) is 10.2 Å². The fraction of sp³-hybridized carbons (Fsp3) is 0.227. The number of rotatable bonds is 7. The molecule has 10 heteroatoms. The van der Waals surface area contributed by atoms with Gasteiger partial charge in [-0.3, -0.25) is 4.72 Å². The predicted molar refractivity (Wildman–Crippen MR) is 120 cm³/mol. The van der Waals surface area contributed by atoms with Crippen molar-refractivity contribution < 1.29 is 22.1 Å². The van der Waals surface area contributed by atoms with Gasteiger partial charge in [-0.05, 0) is 32.9 Å². The quantitative estimate of drug-likeness (QED) is 0.432. The number of methoxy groups -OCH3 is 1. The molecule has 0 aliphatic carbocycles. The van der Waals surface area contributed by atoms with E-state index < -0.39 is 15.3 Å². The van der Waals surface area contributed by atoms with Crippen molar-refractivity contribution >= 4 is 15.7 Å². The van der Waals surface area contributed by atoms with Crippen LogP contribution in [0.4, 0.5) is 5.69 Å². The van der Waals surface area contributed by atoms with E-state index in [9.17, 15) is 8.42 Å². The molecule has 9 nitrogen and oxygen atoms in total. The largest absolute Gasteiger partial charge is 0.496 e. The first-order valence-corrected chi connectivity index (χ1v) is 11.4. The van der Waals surface area contributed by atoms with Crippen molar-refractivity contribution in [3.8, 4) is 39.9 Å². The van der Waals surface area contributed by atoms with Gasteiger partial charge in [0, 0.05) is 11.6 Å². The molecular formula is C22H22N4O5S. The summed E-state index contributed by atoms with van der Waals surface area (Å²) in [7, 11) is -2.01. The van der Waals surface area contributed by atoms with E-state index in [-0.39, 0.29) is 11.8 Å². The Morgan fingerprint density at radius 3 is 2.44 bits per heavy atom. The molecule has 0 unspecified atom stereocenters. The number of hydrogen-bond acceptors (Lipinski definition) is 8. The number of aromatic nitrogens is 3. The van der Waals surface area contributed by atoms with Crippen LogP contribution in [0.2, 0.25) is 0 Å². The van der Waals surface area contributed by atoms with Gasteiger partial charge < -0.3 is 13.7 Å². The van der Waals surface area contributed by atoms with E-state index >= 15 is 0 Å². The summed E-state index contributed by atoms with van der Waals surface area (Å²) in [6.45, 7) is 4.98. The van der Waals surface area contributed by atoms with Crippen molar-refractivity contribution in [2.75, 3.05) is 11.8 Å². The summed E-state index contributed by atoms with van der Waals surface area (Å²) in [5.74, 6) is 1.40. The zero-order valence-electron chi connectivity index (χ0n) is 18.0. The van der Waals surface area contributed by atoms with Crippen LogP contribution in [-0.4, -0.2) is 36.1 Å². The van der Waals surface area contributed by atoms with Crippen molar-refractivity contribution in [1.29, 1.82) is 0 Å². The maximum atomic E-state index is 12.2. The van der Waals surface area contributed by atoms with Crippen LogP contribution in [0.5, 0.6) is 5.75 Å². The summed E-state index contributed by atoms with van der Waals surface area (Å²) in [4.78, 5) is 0. The van der Waals surface area contributed by atoms with Crippen LogP contribution in [0, 0.1) is 6.92 Å². The number of anilines is 1. The lowest BCUT2D eigenvalue weighted by atomic mass is 10.1. The molecule has 0 bridgehead atoms. The first kappa shape index (κ1) is 21.6. The SMILES string of the molecule is COc1cc(NS(=O)(=O)C(C)C)ccc1-c1nnc(-c2c(-c3ccccc3)noc2C)o1. The fourth-order valence-electron chi connectivity index (χ4n) is 3.06. The summed E-state index contributed by atoms with van der Waals surface area (Å²) < 4.78 is 43.6. The third kappa shape index (κ3) is 4.09. The summed E-state index contributed by atoms with van der Waals surface area (Å²) in [5, 5.41) is 11.9. The van der Waals surface area contributed by atoms with Gasteiger partial charge in [0.05, 0.1) is 23.6 Å². The molecule has 1 N–H and O–H groups in total. The smallest absolute Gasteiger partial charge is 0.254 e. The lowest BCUT2D eigenvalue weighted by Gasteiger charge is -2.12. The molecule has 0 aliphatic rings. The number of nitrogens with zero attached hydrogens (tertiary/aromatic N) is 3. The highest BCUT2D eigenvalue weighted by atomic mass is 32.2. The van der Waals surface area contributed by atoms with Crippen LogP contribution in [0.15, 0.2) is 57.5 Å². The molecule has 0 saturated carbocycles. The Kier molecular flexibility index (Phi) is 5.70. The number of hydrogen-bond donors (Lipinski definition) is 1. The monoisotopic (exact) mass is 454 g/mol. The number of aryl methyl sites for hydroxylation is 1. The summed E-state index contributed by atoms with van der Waals surface area (Å²) in [6.07, 6.45) is 0. The van der Waals surface area contributed by atoms with Gasteiger partial charge in [-0.2, -0.15) is 0 Å². The van der Waals surface area contributed by atoms with E-state index in [1.807, 2.05) is 30.3 Å². The van der Waals surface area contributed by atoms with Crippen molar-refractivity contribution in [1.82, 2.24) is 15.4 Å². The van der Waals surface area contributed by atoms with Gasteiger partial charge in [0.2, 0.25) is 10.0 Å². The molecule has 2 aromatic heterocycles. The Morgan fingerprint density at radius 1 is 1.03 bits per heavy atom. The molecule has 0 radical (unpaired) electrons. The van der Waals surface area contributed by atoms with Gasteiger partial charge in [-0.1, -0.05) is 35.5 Å². The zero-order valence-corrected chi connectivity index (χ0v) is 18.8.